The number of amides is 1. The predicted molar refractivity (Wildman–Crippen MR) is 108 cm³/mol. The van der Waals surface area contributed by atoms with E-state index in [1.165, 1.54) is 10.9 Å². The molecule has 2 heterocycles. The van der Waals surface area contributed by atoms with E-state index >= 15 is 0 Å². The molecule has 0 aliphatic heterocycles. The number of aryl methyl sites for hydroxylation is 3. The van der Waals surface area contributed by atoms with Crippen LogP contribution in [-0.2, 0) is 18.4 Å². The van der Waals surface area contributed by atoms with Crippen molar-refractivity contribution in [3.63, 3.8) is 0 Å². The van der Waals surface area contributed by atoms with Crippen LogP contribution in [0, 0.1) is 6.92 Å². The fourth-order valence-electron chi connectivity index (χ4n) is 3.15. The molecule has 2 aromatic heterocycles. The van der Waals surface area contributed by atoms with Gasteiger partial charge < -0.3 is 5.32 Å². The molecule has 0 bridgehead atoms. The Kier molecular flexibility index (Phi) is 4.86. The van der Waals surface area contributed by atoms with Gasteiger partial charge in [-0.15, -0.1) is 5.10 Å². The molecule has 0 saturated heterocycles. The zero-order chi connectivity index (χ0) is 20.4. The van der Waals surface area contributed by atoms with E-state index in [0.717, 1.165) is 11.1 Å². The smallest absolute Gasteiger partial charge is 0.261 e. The van der Waals surface area contributed by atoms with Gasteiger partial charge in [0.05, 0.1) is 17.2 Å². The molecule has 0 aliphatic rings. The normalized spacial score (nSPS) is 11.0. The molecule has 0 spiro atoms. The Balaban J connectivity index is 1.46. The van der Waals surface area contributed by atoms with Gasteiger partial charge in [0.1, 0.15) is 0 Å². The maximum atomic E-state index is 12.6. The average Bonchev–Trinajstić information content (AvgIpc) is 3.14. The molecule has 29 heavy (non-hydrogen) atoms. The van der Waals surface area contributed by atoms with Crippen LogP contribution in [-0.4, -0.2) is 35.7 Å². The number of nitrogens with zero attached hydrogens (tertiary/aromatic N) is 6. The largest absolute Gasteiger partial charge is 0.326 e. The predicted octanol–water partition coefficient (Wildman–Crippen LogP) is 1.92. The highest BCUT2D eigenvalue weighted by atomic mass is 16.2. The molecule has 0 fully saturated rings. The van der Waals surface area contributed by atoms with Gasteiger partial charge in [0.15, 0.2) is 5.82 Å². The highest BCUT2D eigenvalue weighted by Gasteiger charge is 2.10. The third kappa shape index (κ3) is 3.75. The number of carbonyl (C=O) groups is 1. The van der Waals surface area contributed by atoms with Gasteiger partial charge in [0.25, 0.3) is 5.56 Å². The van der Waals surface area contributed by atoms with Crippen molar-refractivity contribution in [2.24, 2.45) is 7.05 Å². The number of nitrogens with one attached hydrogen (secondary N) is 1. The zero-order valence-electron chi connectivity index (χ0n) is 16.0. The van der Waals surface area contributed by atoms with E-state index in [0.29, 0.717) is 22.4 Å². The summed E-state index contributed by atoms with van der Waals surface area (Å²) < 4.78 is 3.02. The number of hydrogen-bond donors (Lipinski definition) is 1. The SMILES string of the molecule is Cc1cccc2c(=O)n(CCC(=O)Nc3cccc(-c4nnnn4C)c3)cnc12. The lowest BCUT2D eigenvalue weighted by Crippen LogP contribution is -2.23. The van der Waals surface area contributed by atoms with Gasteiger partial charge in [-0.05, 0) is 41.1 Å². The van der Waals surface area contributed by atoms with Crippen LogP contribution in [0.2, 0.25) is 0 Å². The number of anilines is 1. The molecule has 1 N–H and O–H groups in total. The van der Waals surface area contributed by atoms with Crippen molar-refractivity contribution >= 4 is 22.5 Å². The zero-order valence-corrected chi connectivity index (χ0v) is 16.0. The summed E-state index contributed by atoms with van der Waals surface area (Å²) in [4.78, 5) is 29.4. The van der Waals surface area contributed by atoms with E-state index in [1.807, 2.05) is 31.2 Å². The molecule has 146 valence electrons. The molecule has 1 amide bonds. The Morgan fingerprint density at radius 2 is 2.00 bits per heavy atom. The second kappa shape index (κ2) is 7.63. The quantitative estimate of drug-likeness (QED) is 0.559. The first kappa shape index (κ1) is 18.5. The Hall–Kier alpha value is -3.88. The number of carbonyl (C=O) groups excluding carboxylic acids is 1. The fraction of sp³-hybridized carbons (Fsp3) is 0.200. The van der Waals surface area contributed by atoms with Crippen molar-refractivity contribution in [3.05, 3.63) is 64.7 Å². The number of rotatable bonds is 5. The molecule has 0 radical (unpaired) electrons. The number of tetrazole rings is 1. The van der Waals surface area contributed by atoms with Gasteiger partial charge in [-0.2, -0.15) is 0 Å². The van der Waals surface area contributed by atoms with Crippen molar-refractivity contribution < 1.29 is 4.79 Å². The van der Waals surface area contributed by atoms with Crippen LogP contribution in [0.4, 0.5) is 5.69 Å². The summed E-state index contributed by atoms with van der Waals surface area (Å²) >= 11 is 0. The van der Waals surface area contributed by atoms with E-state index < -0.39 is 0 Å². The van der Waals surface area contributed by atoms with Crippen molar-refractivity contribution in [1.82, 2.24) is 29.8 Å². The summed E-state index contributed by atoms with van der Waals surface area (Å²) in [6.45, 7) is 2.16. The Morgan fingerprint density at radius 3 is 2.79 bits per heavy atom. The standard InChI is InChI=1S/C20H19N7O2/c1-13-5-3-8-16-18(13)21-12-27(20(16)29)10-9-17(28)22-15-7-4-6-14(11-15)19-23-24-25-26(19)2/h3-8,11-12H,9-10H2,1-2H3,(H,22,28). The van der Waals surface area contributed by atoms with Gasteiger partial charge in [-0.3, -0.25) is 14.2 Å². The van der Waals surface area contributed by atoms with E-state index in [2.05, 4.69) is 25.8 Å². The van der Waals surface area contributed by atoms with Gasteiger partial charge in [0, 0.05) is 31.3 Å². The summed E-state index contributed by atoms with van der Waals surface area (Å²) in [6, 6.07) is 12.8. The third-order valence-electron chi connectivity index (χ3n) is 4.66. The summed E-state index contributed by atoms with van der Waals surface area (Å²) in [5, 5.41) is 14.8. The Labute approximate surface area is 166 Å². The lowest BCUT2D eigenvalue weighted by molar-refractivity contribution is -0.116. The van der Waals surface area contributed by atoms with Crippen molar-refractivity contribution in [3.8, 4) is 11.4 Å². The molecule has 9 nitrogen and oxygen atoms in total. The van der Waals surface area contributed by atoms with Crippen LogP contribution in [0.3, 0.4) is 0 Å². The van der Waals surface area contributed by atoms with Crippen LogP contribution < -0.4 is 10.9 Å². The third-order valence-corrected chi connectivity index (χ3v) is 4.66. The highest BCUT2D eigenvalue weighted by molar-refractivity contribution is 5.91. The van der Waals surface area contributed by atoms with Gasteiger partial charge in [-0.1, -0.05) is 24.3 Å². The first-order valence-corrected chi connectivity index (χ1v) is 9.10. The van der Waals surface area contributed by atoms with Crippen LogP contribution in [0.15, 0.2) is 53.6 Å². The minimum atomic E-state index is -0.200. The minimum Gasteiger partial charge on any atom is -0.326 e. The van der Waals surface area contributed by atoms with Crippen molar-refractivity contribution in [2.45, 2.75) is 19.9 Å². The number of hydrogen-bond acceptors (Lipinski definition) is 6. The first-order valence-electron chi connectivity index (χ1n) is 9.10. The number of fused-ring (bicyclic) bond motifs is 1. The average molecular weight is 389 g/mol. The molecule has 0 saturated carbocycles. The second-order valence-corrected chi connectivity index (χ2v) is 6.72. The van der Waals surface area contributed by atoms with Gasteiger partial charge >= 0.3 is 0 Å². The minimum absolute atomic E-state index is 0.147. The van der Waals surface area contributed by atoms with E-state index in [1.54, 1.807) is 29.9 Å². The number of benzene rings is 2. The molecular formula is C20H19N7O2. The molecule has 4 aromatic rings. The fourth-order valence-corrected chi connectivity index (χ4v) is 3.15. The Morgan fingerprint density at radius 1 is 1.17 bits per heavy atom. The summed E-state index contributed by atoms with van der Waals surface area (Å²) in [6.07, 6.45) is 1.64. The van der Waals surface area contributed by atoms with Gasteiger partial charge in [-0.25, -0.2) is 9.67 Å². The number of para-hydroxylation sites is 1. The van der Waals surface area contributed by atoms with Crippen LogP contribution >= 0.6 is 0 Å². The van der Waals surface area contributed by atoms with E-state index in [4.69, 9.17) is 0 Å². The first-order chi connectivity index (χ1) is 14.0. The second-order valence-electron chi connectivity index (χ2n) is 6.72. The maximum Gasteiger partial charge on any atom is 0.261 e. The molecular weight excluding hydrogens is 370 g/mol. The molecule has 0 unspecified atom stereocenters. The van der Waals surface area contributed by atoms with Crippen LogP contribution in [0.25, 0.3) is 22.3 Å². The van der Waals surface area contributed by atoms with Crippen LogP contribution in [0.1, 0.15) is 12.0 Å². The van der Waals surface area contributed by atoms with Crippen LogP contribution in [0.5, 0.6) is 0 Å². The summed E-state index contributed by atoms with van der Waals surface area (Å²) in [5.74, 6) is 0.402. The highest BCUT2D eigenvalue weighted by Crippen LogP contribution is 2.19. The van der Waals surface area contributed by atoms with Gasteiger partial charge in [0.2, 0.25) is 5.91 Å². The topological polar surface area (TPSA) is 108 Å². The lowest BCUT2D eigenvalue weighted by atomic mass is 10.1. The van der Waals surface area contributed by atoms with Crippen molar-refractivity contribution in [2.75, 3.05) is 5.32 Å². The van der Waals surface area contributed by atoms with E-state index in [9.17, 15) is 9.59 Å². The van der Waals surface area contributed by atoms with Crippen molar-refractivity contribution in [1.29, 1.82) is 0 Å². The molecule has 0 atom stereocenters. The number of aromatic nitrogens is 6. The maximum absolute atomic E-state index is 12.6. The lowest BCUT2D eigenvalue weighted by Gasteiger charge is -2.09. The molecule has 0 aliphatic carbocycles. The molecule has 2 aromatic carbocycles. The molecule has 9 heteroatoms. The monoisotopic (exact) mass is 389 g/mol. The molecule has 4 rings (SSSR count). The van der Waals surface area contributed by atoms with E-state index in [-0.39, 0.29) is 24.4 Å². The summed E-state index contributed by atoms with van der Waals surface area (Å²) in [7, 11) is 1.75. The summed E-state index contributed by atoms with van der Waals surface area (Å²) in [5.41, 5.74) is 2.91. The Bertz CT molecular complexity index is 1260.